The number of nitrogens with zero attached hydrogens (tertiary/aromatic N) is 4. The average molecular weight is 470 g/mol. The zero-order valence-corrected chi connectivity index (χ0v) is 19.7. The maximum Gasteiger partial charge on any atom is 0.253 e. The highest BCUT2D eigenvalue weighted by Gasteiger charge is 2.28. The molecule has 34 heavy (non-hydrogen) atoms. The summed E-state index contributed by atoms with van der Waals surface area (Å²) < 4.78 is 0. The summed E-state index contributed by atoms with van der Waals surface area (Å²) in [5.74, 6) is 0.882. The lowest BCUT2D eigenvalue weighted by Crippen LogP contribution is -2.49. The first-order valence-corrected chi connectivity index (χ1v) is 12.5. The number of thioether (sulfide) groups is 1. The minimum atomic E-state index is 0.102. The third-order valence-electron chi connectivity index (χ3n) is 6.17. The SMILES string of the molecule is O=C(c1ccc(CSc2ncn[nH]2)cc1)N1CCN(C(c2ccccc2)c2ccccc2)CC1. The van der Waals surface area contributed by atoms with Crippen LogP contribution in [0.4, 0.5) is 0 Å². The van der Waals surface area contributed by atoms with E-state index in [2.05, 4.69) is 80.7 Å². The van der Waals surface area contributed by atoms with Crippen LogP contribution in [0, 0.1) is 0 Å². The molecule has 0 spiro atoms. The first-order chi connectivity index (χ1) is 16.8. The van der Waals surface area contributed by atoms with Crippen molar-refractivity contribution < 1.29 is 4.79 Å². The summed E-state index contributed by atoms with van der Waals surface area (Å²) in [6, 6.07) is 29.4. The van der Waals surface area contributed by atoms with Gasteiger partial charge in [0.15, 0.2) is 5.16 Å². The van der Waals surface area contributed by atoms with Crippen LogP contribution in [0.1, 0.15) is 33.1 Å². The standard InChI is InChI=1S/C27H27N5OS/c33-26(24-13-11-21(12-14-24)19-34-27-28-20-29-30-27)32-17-15-31(16-18-32)25(22-7-3-1-4-8-22)23-9-5-2-6-10-23/h1-14,20,25H,15-19H2,(H,28,29,30). The summed E-state index contributed by atoms with van der Waals surface area (Å²) in [7, 11) is 0. The number of hydrogen-bond acceptors (Lipinski definition) is 5. The van der Waals surface area contributed by atoms with Gasteiger partial charge in [0.1, 0.15) is 6.33 Å². The molecule has 7 heteroatoms. The van der Waals surface area contributed by atoms with Gasteiger partial charge in [-0.25, -0.2) is 4.98 Å². The predicted molar refractivity (Wildman–Crippen MR) is 135 cm³/mol. The number of nitrogens with one attached hydrogen (secondary N) is 1. The maximum absolute atomic E-state index is 13.2. The van der Waals surface area contributed by atoms with Gasteiger partial charge in [0.25, 0.3) is 5.91 Å². The van der Waals surface area contributed by atoms with Crippen LogP contribution in [0.15, 0.2) is 96.4 Å². The Kier molecular flexibility index (Phi) is 7.02. The van der Waals surface area contributed by atoms with Crippen molar-refractivity contribution in [1.82, 2.24) is 25.0 Å². The van der Waals surface area contributed by atoms with Gasteiger partial charge in [0, 0.05) is 37.5 Å². The number of rotatable bonds is 7. The highest BCUT2D eigenvalue weighted by Crippen LogP contribution is 2.29. The van der Waals surface area contributed by atoms with Gasteiger partial charge in [-0.1, -0.05) is 84.6 Å². The van der Waals surface area contributed by atoms with Crippen molar-refractivity contribution in [2.24, 2.45) is 0 Å². The minimum Gasteiger partial charge on any atom is -0.336 e. The van der Waals surface area contributed by atoms with Crippen molar-refractivity contribution in [2.75, 3.05) is 26.2 Å². The molecule has 3 aromatic carbocycles. The maximum atomic E-state index is 13.2. The van der Waals surface area contributed by atoms with E-state index < -0.39 is 0 Å². The Hall–Kier alpha value is -3.42. The molecule has 2 heterocycles. The van der Waals surface area contributed by atoms with Crippen LogP contribution in [0.5, 0.6) is 0 Å². The molecule has 5 rings (SSSR count). The van der Waals surface area contributed by atoms with Crippen molar-refractivity contribution in [2.45, 2.75) is 17.0 Å². The fourth-order valence-electron chi connectivity index (χ4n) is 4.41. The number of aromatic amines is 1. The van der Waals surface area contributed by atoms with Crippen molar-refractivity contribution in [3.63, 3.8) is 0 Å². The molecule has 0 unspecified atom stereocenters. The van der Waals surface area contributed by atoms with E-state index in [0.717, 1.165) is 48.2 Å². The number of H-pyrrole nitrogens is 1. The fraction of sp³-hybridized carbons (Fsp3) is 0.222. The Labute approximate surface area is 204 Å². The van der Waals surface area contributed by atoms with Crippen molar-refractivity contribution in [3.8, 4) is 0 Å². The van der Waals surface area contributed by atoms with Crippen LogP contribution in [-0.2, 0) is 5.75 Å². The van der Waals surface area contributed by atoms with Crippen LogP contribution < -0.4 is 0 Å². The van der Waals surface area contributed by atoms with Crippen LogP contribution in [-0.4, -0.2) is 57.1 Å². The van der Waals surface area contributed by atoms with Crippen molar-refractivity contribution >= 4 is 17.7 Å². The quantitative estimate of drug-likeness (QED) is 0.399. The smallest absolute Gasteiger partial charge is 0.253 e. The molecule has 0 bridgehead atoms. The van der Waals surface area contributed by atoms with Gasteiger partial charge in [-0.05, 0) is 28.8 Å². The van der Waals surface area contributed by atoms with Crippen LogP contribution in [0.3, 0.4) is 0 Å². The van der Waals surface area contributed by atoms with Gasteiger partial charge >= 0.3 is 0 Å². The molecule has 0 radical (unpaired) electrons. The van der Waals surface area contributed by atoms with Gasteiger partial charge in [-0.15, -0.1) is 0 Å². The monoisotopic (exact) mass is 469 g/mol. The highest BCUT2D eigenvalue weighted by atomic mass is 32.2. The number of hydrogen-bond donors (Lipinski definition) is 1. The molecule has 1 saturated heterocycles. The molecule has 1 aliphatic heterocycles. The zero-order chi connectivity index (χ0) is 23.2. The largest absolute Gasteiger partial charge is 0.336 e. The number of aromatic nitrogens is 3. The van der Waals surface area contributed by atoms with E-state index >= 15 is 0 Å². The average Bonchev–Trinajstić information content (AvgIpc) is 3.43. The Morgan fingerprint density at radius 3 is 2.03 bits per heavy atom. The Bertz CT molecular complexity index is 1140. The van der Waals surface area contributed by atoms with Crippen LogP contribution in [0.25, 0.3) is 0 Å². The lowest BCUT2D eigenvalue weighted by molar-refractivity contribution is 0.0597. The lowest BCUT2D eigenvalue weighted by Gasteiger charge is -2.39. The molecule has 1 amide bonds. The molecule has 1 aromatic heterocycles. The second-order valence-electron chi connectivity index (χ2n) is 8.33. The van der Waals surface area contributed by atoms with Gasteiger partial charge in [-0.2, -0.15) is 5.10 Å². The second kappa shape index (κ2) is 10.7. The Morgan fingerprint density at radius 1 is 0.853 bits per heavy atom. The molecule has 6 nitrogen and oxygen atoms in total. The number of carbonyl (C=O) groups excluding carboxylic acids is 1. The third kappa shape index (κ3) is 5.21. The van der Waals surface area contributed by atoms with Crippen LogP contribution >= 0.6 is 11.8 Å². The summed E-state index contributed by atoms with van der Waals surface area (Å²) in [6.45, 7) is 3.12. The van der Waals surface area contributed by atoms with Crippen molar-refractivity contribution in [1.29, 1.82) is 0 Å². The van der Waals surface area contributed by atoms with Crippen LogP contribution in [0.2, 0.25) is 0 Å². The summed E-state index contributed by atoms with van der Waals surface area (Å²) >= 11 is 1.59. The molecule has 0 atom stereocenters. The molecular formula is C27H27N5OS. The van der Waals surface area contributed by atoms with Gasteiger partial charge in [0.2, 0.25) is 0 Å². The molecule has 1 N–H and O–H groups in total. The fourth-order valence-corrected chi connectivity index (χ4v) is 5.14. The molecule has 1 aliphatic rings. The minimum absolute atomic E-state index is 0.102. The van der Waals surface area contributed by atoms with E-state index in [-0.39, 0.29) is 11.9 Å². The van der Waals surface area contributed by atoms with Gasteiger partial charge < -0.3 is 4.90 Å². The number of piperazine rings is 1. The summed E-state index contributed by atoms with van der Waals surface area (Å²) in [4.78, 5) is 21.7. The molecule has 0 aliphatic carbocycles. The van der Waals surface area contributed by atoms with E-state index in [0.29, 0.717) is 0 Å². The lowest BCUT2D eigenvalue weighted by atomic mass is 9.96. The van der Waals surface area contributed by atoms with E-state index in [9.17, 15) is 4.79 Å². The van der Waals surface area contributed by atoms with E-state index in [1.807, 2.05) is 29.2 Å². The molecule has 4 aromatic rings. The highest BCUT2D eigenvalue weighted by molar-refractivity contribution is 7.98. The molecule has 0 saturated carbocycles. The number of amides is 1. The number of benzene rings is 3. The Balaban J connectivity index is 1.22. The van der Waals surface area contributed by atoms with Gasteiger partial charge in [-0.3, -0.25) is 14.8 Å². The Morgan fingerprint density at radius 2 is 1.47 bits per heavy atom. The molecular weight excluding hydrogens is 442 g/mol. The first-order valence-electron chi connectivity index (χ1n) is 11.5. The summed E-state index contributed by atoms with van der Waals surface area (Å²) in [6.07, 6.45) is 1.51. The number of carbonyl (C=O) groups is 1. The second-order valence-corrected chi connectivity index (χ2v) is 9.29. The van der Waals surface area contributed by atoms with E-state index in [1.165, 1.54) is 17.5 Å². The predicted octanol–water partition coefficient (Wildman–Crippen LogP) is 4.64. The normalized spacial score (nSPS) is 14.4. The third-order valence-corrected chi connectivity index (χ3v) is 7.11. The zero-order valence-electron chi connectivity index (χ0n) is 18.9. The van der Waals surface area contributed by atoms with E-state index in [4.69, 9.17) is 0 Å². The molecule has 172 valence electrons. The summed E-state index contributed by atoms with van der Waals surface area (Å²) in [5, 5.41) is 7.51. The topological polar surface area (TPSA) is 65.1 Å². The van der Waals surface area contributed by atoms with Gasteiger partial charge in [0.05, 0.1) is 6.04 Å². The molecule has 1 fully saturated rings. The summed E-state index contributed by atoms with van der Waals surface area (Å²) in [5.41, 5.74) is 4.46. The van der Waals surface area contributed by atoms with E-state index in [1.54, 1.807) is 11.8 Å². The van der Waals surface area contributed by atoms with Crippen molar-refractivity contribution in [3.05, 3.63) is 114 Å². The first kappa shape index (κ1) is 22.4.